The molecular weight excluding hydrogens is 256 g/mol. The summed E-state index contributed by atoms with van der Waals surface area (Å²) in [7, 11) is 3.90. The van der Waals surface area contributed by atoms with Crippen molar-refractivity contribution in [3.8, 4) is 0 Å². The van der Waals surface area contributed by atoms with Crippen molar-refractivity contribution in [1.29, 1.82) is 0 Å². The molecule has 0 amide bonds. The predicted molar refractivity (Wildman–Crippen MR) is 82.6 cm³/mol. The second-order valence-electron chi connectivity index (χ2n) is 4.94. The fraction of sp³-hybridized carbons (Fsp3) is 0.500. The normalized spacial score (nSPS) is 17.7. The quantitative estimate of drug-likeness (QED) is 0.681. The Kier molecular flexibility index (Phi) is 4.37. The van der Waals surface area contributed by atoms with Crippen LogP contribution in [0, 0.1) is 13.8 Å². The molecule has 4 nitrogen and oxygen atoms in total. The lowest BCUT2D eigenvalue weighted by Gasteiger charge is -2.26. The SMILES string of the molecule is CN=CC1=C(N)CCN(Sc2cc(C)n(C)c2C)C1. The van der Waals surface area contributed by atoms with E-state index in [4.69, 9.17) is 5.73 Å². The summed E-state index contributed by atoms with van der Waals surface area (Å²) < 4.78 is 4.58. The number of aliphatic imine (C=N–C) groups is 1. The van der Waals surface area contributed by atoms with Gasteiger partial charge in [-0.2, -0.15) is 0 Å². The van der Waals surface area contributed by atoms with Crippen LogP contribution in [0.2, 0.25) is 0 Å². The molecule has 0 aliphatic carbocycles. The average Bonchev–Trinajstić information content (AvgIpc) is 2.62. The maximum absolute atomic E-state index is 6.03. The first-order valence-electron chi connectivity index (χ1n) is 6.48. The largest absolute Gasteiger partial charge is 0.402 e. The monoisotopic (exact) mass is 278 g/mol. The number of nitrogens with zero attached hydrogens (tertiary/aromatic N) is 3. The second kappa shape index (κ2) is 5.84. The number of rotatable bonds is 3. The van der Waals surface area contributed by atoms with E-state index < -0.39 is 0 Å². The molecule has 19 heavy (non-hydrogen) atoms. The molecule has 0 saturated carbocycles. The van der Waals surface area contributed by atoms with Crippen molar-refractivity contribution in [2.75, 3.05) is 20.1 Å². The van der Waals surface area contributed by atoms with E-state index >= 15 is 0 Å². The Labute approximate surface area is 119 Å². The molecule has 0 bridgehead atoms. The highest BCUT2D eigenvalue weighted by molar-refractivity contribution is 7.97. The maximum atomic E-state index is 6.03. The van der Waals surface area contributed by atoms with E-state index in [1.807, 2.05) is 18.2 Å². The molecule has 104 valence electrons. The van der Waals surface area contributed by atoms with Crippen LogP contribution in [0.25, 0.3) is 0 Å². The summed E-state index contributed by atoms with van der Waals surface area (Å²) in [5, 5.41) is 0. The van der Waals surface area contributed by atoms with Gasteiger partial charge in [-0.15, -0.1) is 0 Å². The molecule has 5 heteroatoms. The van der Waals surface area contributed by atoms with Gasteiger partial charge in [0.25, 0.3) is 0 Å². The highest BCUT2D eigenvalue weighted by atomic mass is 32.2. The summed E-state index contributed by atoms with van der Waals surface area (Å²) in [6.45, 7) is 6.16. The first-order chi connectivity index (χ1) is 9.02. The van der Waals surface area contributed by atoms with Crippen molar-refractivity contribution in [1.82, 2.24) is 8.87 Å². The molecule has 1 aliphatic rings. The first-order valence-corrected chi connectivity index (χ1v) is 7.25. The summed E-state index contributed by atoms with van der Waals surface area (Å²) in [4.78, 5) is 5.41. The zero-order valence-corrected chi connectivity index (χ0v) is 12.9. The van der Waals surface area contributed by atoms with Gasteiger partial charge in [-0.25, -0.2) is 4.31 Å². The zero-order chi connectivity index (χ0) is 14.0. The Balaban J connectivity index is 2.11. The first kappa shape index (κ1) is 14.2. The Hall–Kier alpha value is -1.20. The molecule has 0 fully saturated rings. The van der Waals surface area contributed by atoms with Crippen molar-refractivity contribution in [3.63, 3.8) is 0 Å². The molecule has 0 aromatic carbocycles. The molecule has 2 heterocycles. The molecule has 0 saturated heterocycles. The molecule has 0 spiro atoms. The van der Waals surface area contributed by atoms with E-state index in [2.05, 4.69) is 40.8 Å². The van der Waals surface area contributed by atoms with Crippen molar-refractivity contribution in [2.24, 2.45) is 17.8 Å². The van der Waals surface area contributed by atoms with Crippen LogP contribution >= 0.6 is 11.9 Å². The van der Waals surface area contributed by atoms with Gasteiger partial charge in [0.2, 0.25) is 0 Å². The van der Waals surface area contributed by atoms with E-state index in [0.29, 0.717) is 0 Å². The van der Waals surface area contributed by atoms with Gasteiger partial charge in [0.15, 0.2) is 0 Å². The van der Waals surface area contributed by atoms with Crippen molar-refractivity contribution >= 4 is 18.2 Å². The lowest BCUT2D eigenvalue weighted by atomic mass is 10.1. The molecule has 2 N–H and O–H groups in total. The molecule has 1 aliphatic heterocycles. The van der Waals surface area contributed by atoms with Gasteiger partial charge in [0, 0.05) is 67.4 Å². The number of hydrogen-bond acceptors (Lipinski definition) is 4. The van der Waals surface area contributed by atoms with Gasteiger partial charge in [-0.05, 0) is 31.9 Å². The van der Waals surface area contributed by atoms with Crippen LogP contribution in [0.15, 0.2) is 27.2 Å². The molecule has 0 unspecified atom stereocenters. The van der Waals surface area contributed by atoms with Crippen molar-refractivity contribution < 1.29 is 0 Å². The molecule has 0 atom stereocenters. The third kappa shape index (κ3) is 3.04. The average molecular weight is 278 g/mol. The van der Waals surface area contributed by atoms with E-state index in [1.54, 1.807) is 7.05 Å². The highest BCUT2D eigenvalue weighted by Gasteiger charge is 2.19. The van der Waals surface area contributed by atoms with E-state index in [9.17, 15) is 0 Å². The number of hydrogen-bond donors (Lipinski definition) is 1. The van der Waals surface area contributed by atoms with E-state index in [-0.39, 0.29) is 0 Å². The third-order valence-electron chi connectivity index (χ3n) is 3.63. The summed E-state index contributed by atoms with van der Waals surface area (Å²) in [6, 6.07) is 2.25. The minimum absolute atomic E-state index is 0.862. The van der Waals surface area contributed by atoms with Crippen LogP contribution in [0.1, 0.15) is 17.8 Å². The van der Waals surface area contributed by atoms with Gasteiger partial charge in [-0.3, -0.25) is 4.99 Å². The van der Waals surface area contributed by atoms with E-state index in [1.165, 1.54) is 16.3 Å². The van der Waals surface area contributed by atoms with Gasteiger partial charge in [-0.1, -0.05) is 0 Å². The van der Waals surface area contributed by atoms with Crippen LogP contribution in [0.4, 0.5) is 0 Å². The highest BCUT2D eigenvalue weighted by Crippen LogP contribution is 2.31. The Bertz CT molecular complexity index is 528. The van der Waals surface area contributed by atoms with Gasteiger partial charge < -0.3 is 10.3 Å². The molecule has 2 rings (SSSR count). The summed E-state index contributed by atoms with van der Waals surface area (Å²) in [6.07, 6.45) is 2.80. The second-order valence-corrected chi connectivity index (χ2v) is 6.08. The molecule has 1 aromatic heterocycles. The van der Waals surface area contributed by atoms with Crippen LogP contribution in [-0.4, -0.2) is 35.2 Å². The van der Waals surface area contributed by atoms with Crippen molar-refractivity contribution in [2.45, 2.75) is 25.2 Å². The minimum atomic E-state index is 0.862. The lowest BCUT2D eigenvalue weighted by Crippen LogP contribution is -2.29. The zero-order valence-electron chi connectivity index (χ0n) is 12.1. The van der Waals surface area contributed by atoms with E-state index in [0.717, 1.165) is 30.8 Å². The molecule has 1 aromatic rings. The van der Waals surface area contributed by atoms with Gasteiger partial charge in [0.1, 0.15) is 0 Å². The number of aryl methyl sites for hydroxylation is 1. The lowest BCUT2D eigenvalue weighted by molar-refractivity contribution is 0.489. The third-order valence-corrected chi connectivity index (χ3v) is 4.81. The minimum Gasteiger partial charge on any atom is -0.402 e. The predicted octanol–water partition coefficient (Wildman–Crippen LogP) is 2.27. The van der Waals surface area contributed by atoms with Crippen LogP contribution in [0.5, 0.6) is 0 Å². The standard InChI is InChI=1S/C14H22N4S/c1-10-7-14(11(2)17(10)4)19-18-6-5-13(15)12(9-18)8-16-3/h7-8H,5-6,9,15H2,1-4H3. The summed E-state index contributed by atoms with van der Waals surface area (Å²) in [5.74, 6) is 0. The van der Waals surface area contributed by atoms with Crippen molar-refractivity contribution in [3.05, 3.63) is 28.7 Å². The Morgan fingerprint density at radius 3 is 2.74 bits per heavy atom. The summed E-state index contributed by atoms with van der Waals surface area (Å²) >= 11 is 1.82. The number of nitrogens with two attached hydrogens (primary N) is 1. The van der Waals surface area contributed by atoms with Gasteiger partial charge in [0.05, 0.1) is 0 Å². The Morgan fingerprint density at radius 1 is 1.42 bits per heavy atom. The fourth-order valence-corrected chi connectivity index (χ4v) is 3.34. The molecule has 0 radical (unpaired) electrons. The topological polar surface area (TPSA) is 46.5 Å². The van der Waals surface area contributed by atoms with Gasteiger partial charge >= 0.3 is 0 Å². The number of aromatic nitrogens is 1. The van der Waals surface area contributed by atoms with Crippen LogP contribution < -0.4 is 5.73 Å². The van der Waals surface area contributed by atoms with Crippen LogP contribution in [-0.2, 0) is 7.05 Å². The molecular formula is C14H22N4S. The summed E-state index contributed by atoms with van der Waals surface area (Å²) in [5.41, 5.74) is 10.8. The fourth-order valence-electron chi connectivity index (χ4n) is 2.19. The van der Waals surface area contributed by atoms with Crippen LogP contribution in [0.3, 0.4) is 0 Å². The Morgan fingerprint density at radius 2 is 2.16 bits per heavy atom. The maximum Gasteiger partial charge on any atom is 0.0439 e. The smallest absolute Gasteiger partial charge is 0.0439 e.